The van der Waals surface area contributed by atoms with Gasteiger partial charge < -0.3 is 25.3 Å². The number of aldehydes is 1. The monoisotopic (exact) mass is 338 g/mol. The molecule has 0 saturated carbocycles. The number of hydrogen-bond acceptors (Lipinski definition) is 6. The van der Waals surface area contributed by atoms with E-state index in [1.165, 1.54) is 0 Å². The van der Waals surface area contributed by atoms with Gasteiger partial charge in [-0.1, -0.05) is 0 Å². The van der Waals surface area contributed by atoms with Gasteiger partial charge in [-0.2, -0.15) is 0 Å². The summed E-state index contributed by atoms with van der Waals surface area (Å²) >= 11 is 0. The van der Waals surface area contributed by atoms with Crippen LogP contribution in [0.4, 0.5) is 5.69 Å². The molecule has 0 atom stereocenters. The number of hydrogen-bond donors (Lipinski definition) is 2. The van der Waals surface area contributed by atoms with Crippen molar-refractivity contribution in [2.24, 2.45) is 0 Å². The molecule has 1 rings (SSSR count). The number of nitrogen functional groups attached to an aromatic ring is 1. The number of carbonyl (C=O) groups excluding carboxylic acids is 2. The lowest BCUT2D eigenvalue weighted by atomic mass is 10.2. The molecule has 0 spiro atoms. The SMILES string of the molecule is COCCOCCCNC(=O)CCCOc1ccc(C=O)c(N)c1. The lowest BCUT2D eigenvalue weighted by Crippen LogP contribution is -2.25. The van der Waals surface area contributed by atoms with E-state index in [4.69, 9.17) is 19.9 Å². The molecular formula is C17H26N2O5. The van der Waals surface area contributed by atoms with Crippen molar-refractivity contribution in [1.29, 1.82) is 0 Å². The summed E-state index contributed by atoms with van der Waals surface area (Å²) in [5.41, 5.74) is 6.52. The van der Waals surface area contributed by atoms with Gasteiger partial charge in [-0.25, -0.2) is 0 Å². The third kappa shape index (κ3) is 8.50. The van der Waals surface area contributed by atoms with Crippen molar-refractivity contribution in [1.82, 2.24) is 5.32 Å². The van der Waals surface area contributed by atoms with Crippen LogP contribution in [0.1, 0.15) is 29.6 Å². The molecule has 1 aromatic rings. The number of nitrogens with two attached hydrogens (primary N) is 1. The number of amides is 1. The molecule has 0 bridgehead atoms. The molecule has 0 radical (unpaired) electrons. The van der Waals surface area contributed by atoms with Gasteiger partial charge in [-0.05, 0) is 25.0 Å². The highest BCUT2D eigenvalue weighted by Gasteiger charge is 2.03. The molecule has 3 N–H and O–H groups in total. The second kappa shape index (κ2) is 12.3. The fourth-order valence-corrected chi connectivity index (χ4v) is 1.91. The van der Waals surface area contributed by atoms with E-state index in [0.717, 1.165) is 6.42 Å². The molecule has 24 heavy (non-hydrogen) atoms. The van der Waals surface area contributed by atoms with Gasteiger partial charge in [0.2, 0.25) is 5.91 Å². The predicted octanol–water partition coefficient (Wildman–Crippen LogP) is 1.41. The molecule has 0 saturated heterocycles. The van der Waals surface area contributed by atoms with Gasteiger partial charge in [0.25, 0.3) is 0 Å². The Kier molecular flexibility index (Phi) is 10.2. The number of benzene rings is 1. The number of ether oxygens (including phenoxy) is 3. The molecule has 7 heteroatoms. The minimum Gasteiger partial charge on any atom is -0.494 e. The van der Waals surface area contributed by atoms with Crippen LogP contribution >= 0.6 is 0 Å². The standard InChI is InChI=1S/C17H26N2O5/c1-22-10-11-23-8-3-7-19-17(21)4-2-9-24-15-6-5-14(13-20)16(18)12-15/h5-6,12-13H,2-4,7-11,18H2,1H3,(H,19,21). The maximum absolute atomic E-state index is 11.6. The first-order chi connectivity index (χ1) is 11.7. The number of rotatable bonds is 13. The van der Waals surface area contributed by atoms with Crippen LogP contribution in [0.2, 0.25) is 0 Å². The molecule has 1 aromatic carbocycles. The Morgan fingerprint density at radius 3 is 2.75 bits per heavy atom. The third-order valence-electron chi connectivity index (χ3n) is 3.22. The fourth-order valence-electron chi connectivity index (χ4n) is 1.91. The average Bonchev–Trinajstić information content (AvgIpc) is 2.58. The highest BCUT2D eigenvalue weighted by Crippen LogP contribution is 2.18. The molecule has 134 valence electrons. The number of carbonyl (C=O) groups is 2. The van der Waals surface area contributed by atoms with Crippen LogP contribution < -0.4 is 15.8 Å². The van der Waals surface area contributed by atoms with Gasteiger partial charge in [0.15, 0.2) is 6.29 Å². The average molecular weight is 338 g/mol. The molecule has 0 aromatic heterocycles. The van der Waals surface area contributed by atoms with E-state index in [9.17, 15) is 9.59 Å². The van der Waals surface area contributed by atoms with Crippen molar-refractivity contribution in [3.05, 3.63) is 23.8 Å². The second-order valence-corrected chi connectivity index (χ2v) is 5.17. The van der Waals surface area contributed by atoms with Crippen molar-refractivity contribution < 1.29 is 23.8 Å². The van der Waals surface area contributed by atoms with Gasteiger partial charge in [-0.3, -0.25) is 9.59 Å². The summed E-state index contributed by atoms with van der Waals surface area (Å²) in [4.78, 5) is 22.3. The van der Waals surface area contributed by atoms with E-state index >= 15 is 0 Å². The van der Waals surface area contributed by atoms with E-state index in [1.54, 1.807) is 25.3 Å². The Morgan fingerprint density at radius 2 is 2.04 bits per heavy atom. The van der Waals surface area contributed by atoms with Gasteiger partial charge in [0.1, 0.15) is 5.75 Å². The third-order valence-corrected chi connectivity index (χ3v) is 3.22. The highest BCUT2D eigenvalue weighted by atomic mass is 16.5. The fraction of sp³-hybridized carbons (Fsp3) is 0.529. The zero-order chi connectivity index (χ0) is 17.6. The number of anilines is 1. The van der Waals surface area contributed by atoms with Crippen LogP contribution in [0.3, 0.4) is 0 Å². The topological polar surface area (TPSA) is 99.9 Å². The molecule has 1 amide bonds. The van der Waals surface area contributed by atoms with Gasteiger partial charge in [0, 0.05) is 44.0 Å². The first kappa shape index (κ1) is 19.9. The Balaban J connectivity index is 2.05. The van der Waals surface area contributed by atoms with Crippen LogP contribution in [0.15, 0.2) is 18.2 Å². The van der Waals surface area contributed by atoms with Gasteiger partial charge >= 0.3 is 0 Å². The Hall–Kier alpha value is -2.12. The van der Waals surface area contributed by atoms with Crippen molar-refractivity contribution in [2.75, 3.05) is 45.8 Å². The quantitative estimate of drug-likeness (QED) is 0.320. The smallest absolute Gasteiger partial charge is 0.220 e. The minimum absolute atomic E-state index is 0.00805. The molecule has 0 unspecified atom stereocenters. The summed E-state index contributed by atoms with van der Waals surface area (Å²) in [6, 6.07) is 4.90. The lowest BCUT2D eigenvalue weighted by molar-refractivity contribution is -0.121. The predicted molar refractivity (Wildman–Crippen MR) is 91.3 cm³/mol. The normalized spacial score (nSPS) is 10.4. The Morgan fingerprint density at radius 1 is 1.21 bits per heavy atom. The van der Waals surface area contributed by atoms with Crippen LogP contribution in [0.25, 0.3) is 0 Å². The summed E-state index contributed by atoms with van der Waals surface area (Å²) in [6.45, 7) is 2.75. The second-order valence-electron chi connectivity index (χ2n) is 5.17. The molecule has 7 nitrogen and oxygen atoms in total. The van der Waals surface area contributed by atoms with E-state index in [0.29, 0.717) is 69.1 Å². The van der Waals surface area contributed by atoms with Crippen LogP contribution in [-0.2, 0) is 14.3 Å². The molecule has 0 fully saturated rings. The van der Waals surface area contributed by atoms with E-state index in [1.807, 2.05) is 0 Å². The largest absolute Gasteiger partial charge is 0.494 e. The first-order valence-electron chi connectivity index (χ1n) is 7.98. The van der Waals surface area contributed by atoms with Crippen LogP contribution in [0, 0.1) is 0 Å². The summed E-state index contributed by atoms with van der Waals surface area (Å²) in [7, 11) is 1.63. The highest BCUT2D eigenvalue weighted by molar-refractivity contribution is 5.83. The molecular weight excluding hydrogens is 312 g/mol. The van der Waals surface area contributed by atoms with Crippen molar-refractivity contribution in [3.8, 4) is 5.75 Å². The summed E-state index contributed by atoms with van der Waals surface area (Å²) in [5.74, 6) is 0.582. The van der Waals surface area contributed by atoms with E-state index in [2.05, 4.69) is 5.32 Å². The Bertz CT molecular complexity index is 508. The van der Waals surface area contributed by atoms with Gasteiger partial charge in [0.05, 0.1) is 19.8 Å². The molecule has 0 aliphatic carbocycles. The van der Waals surface area contributed by atoms with E-state index < -0.39 is 0 Å². The lowest BCUT2D eigenvalue weighted by Gasteiger charge is -2.08. The summed E-state index contributed by atoms with van der Waals surface area (Å²) in [6.07, 6.45) is 2.47. The van der Waals surface area contributed by atoms with Gasteiger partial charge in [-0.15, -0.1) is 0 Å². The minimum atomic E-state index is -0.00805. The number of nitrogens with one attached hydrogen (secondary N) is 1. The zero-order valence-corrected chi connectivity index (χ0v) is 14.1. The molecule has 0 heterocycles. The molecule has 0 aliphatic heterocycles. The maximum atomic E-state index is 11.6. The van der Waals surface area contributed by atoms with Crippen LogP contribution in [-0.4, -0.2) is 52.3 Å². The number of methoxy groups -OCH3 is 1. The van der Waals surface area contributed by atoms with E-state index in [-0.39, 0.29) is 5.91 Å². The zero-order valence-electron chi connectivity index (χ0n) is 14.1. The summed E-state index contributed by atoms with van der Waals surface area (Å²) in [5, 5.41) is 2.83. The maximum Gasteiger partial charge on any atom is 0.220 e. The van der Waals surface area contributed by atoms with Crippen molar-refractivity contribution in [3.63, 3.8) is 0 Å². The van der Waals surface area contributed by atoms with Crippen molar-refractivity contribution in [2.45, 2.75) is 19.3 Å². The van der Waals surface area contributed by atoms with Crippen molar-refractivity contribution >= 4 is 17.9 Å². The molecule has 0 aliphatic rings. The summed E-state index contributed by atoms with van der Waals surface area (Å²) < 4.78 is 15.7. The first-order valence-corrected chi connectivity index (χ1v) is 7.98. The Labute approximate surface area is 142 Å². The van der Waals surface area contributed by atoms with Crippen LogP contribution in [0.5, 0.6) is 5.75 Å².